The Balaban J connectivity index is 2.75. The first-order valence-corrected chi connectivity index (χ1v) is 5.31. The van der Waals surface area contributed by atoms with Crippen molar-refractivity contribution in [3.05, 3.63) is 23.0 Å². The van der Waals surface area contributed by atoms with Gasteiger partial charge in [-0.2, -0.15) is 0 Å². The van der Waals surface area contributed by atoms with Crippen molar-refractivity contribution in [2.45, 2.75) is 26.4 Å². The summed E-state index contributed by atoms with van der Waals surface area (Å²) < 4.78 is 5.05. The summed E-state index contributed by atoms with van der Waals surface area (Å²) in [5.74, 6) is 0. The number of aromatic nitrogens is 1. The average Bonchev–Trinajstić information content (AvgIpc) is 2.18. The number of amides is 1. The largest absolute Gasteiger partial charge is 0.444 e. The second-order valence-corrected chi connectivity index (χ2v) is 4.68. The SMILES string of the molecule is CC(C)(C)OC(=O)Nc1ccc(C=O)nc1Cl. The van der Waals surface area contributed by atoms with Gasteiger partial charge in [0.25, 0.3) is 0 Å². The van der Waals surface area contributed by atoms with Gasteiger partial charge in [-0.25, -0.2) is 9.78 Å². The van der Waals surface area contributed by atoms with Crippen molar-refractivity contribution in [3.8, 4) is 0 Å². The molecule has 0 unspecified atom stereocenters. The second-order valence-electron chi connectivity index (χ2n) is 4.32. The molecule has 0 radical (unpaired) electrons. The molecule has 0 fully saturated rings. The molecule has 1 aromatic heterocycles. The molecule has 0 aliphatic rings. The summed E-state index contributed by atoms with van der Waals surface area (Å²) in [6, 6.07) is 2.94. The van der Waals surface area contributed by atoms with Crippen molar-refractivity contribution in [1.82, 2.24) is 4.98 Å². The standard InChI is InChI=1S/C11H13ClN2O3/c1-11(2,3)17-10(16)14-8-5-4-7(6-15)13-9(8)12/h4-6H,1-3H3,(H,14,16). The van der Waals surface area contributed by atoms with E-state index in [-0.39, 0.29) is 10.8 Å². The van der Waals surface area contributed by atoms with Crippen LogP contribution in [0.1, 0.15) is 31.3 Å². The Morgan fingerprint density at radius 1 is 1.47 bits per heavy atom. The summed E-state index contributed by atoms with van der Waals surface area (Å²) >= 11 is 5.78. The van der Waals surface area contributed by atoms with Gasteiger partial charge >= 0.3 is 6.09 Å². The van der Waals surface area contributed by atoms with Crippen molar-refractivity contribution >= 4 is 29.7 Å². The van der Waals surface area contributed by atoms with E-state index < -0.39 is 11.7 Å². The van der Waals surface area contributed by atoms with Gasteiger partial charge in [0.05, 0.1) is 5.69 Å². The highest BCUT2D eigenvalue weighted by molar-refractivity contribution is 6.32. The van der Waals surface area contributed by atoms with Crippen LogP contribution in [-0.2, 0) is 4.74 Å². The zero-order chi connectivity index (χ0) is 13.1. The van der Waals surface area contributed by atoms with Gasteiger partial charge < -0.3 is 4.74 Å². The molecule has 0 saturated carbocycles. The molecule has 17 heavy (non-hydrogen) atoms. The summed E-state index contributed by atoms with van der Waals surface area (Å²) in [4.78, 5) is 25.7. The van der Waals surface area contributed by atoms with Gasteiger partial charge in [0.1, 0.15) is 11.3 Å². The van der Waals surface area contributed by atoms with Gasteiger partial charge in [0.15, 0.2) is 11.4 Å². The molecule has 0 bridgehead atoms. The highest BCUT2D eigenvalue weighted by atomic mass is 35.5. The third-order valence-corrected chi connectivity index (χ3v) is 1.91. The van der Waals surface area contributed by atoms with E-state index in [1.807, 2.05) is 0 Å². The smallest absolute Gasteiger partial charge is 0.412 e. The third-order valence-electron chi connectivity index (χ3n) is 1.63. The third kappa shape index (κ3) is 4.40. The minimum atomic E-state index is -0.625. The Morgan fingerprint density at radius 3 is 2.59 bits per heavy atom. The molecule has 5 nitrogen and oxygen atoms in total. The lowest BCUT2D eigenvalue weighted by Gasteiger charge is -2.19. The molecule has 1 amide bonds. The Morgan fingerprint density at radius 2 is 2.12 bits per heavy atom. The first-order chi connectivity index (χ1) is 7.81. The first kappa shape index (κ1) is 13.4. The zero-order valence-corrected chi connectivity index (χ0v) is 10.5. The molecule has 0 aliphatic heterocycles. The predicted molar refractivity (Wildman–Crippen MR) is 64.5 cm³/mol. The van der Waals surface area contributed by atoms with Crippen molar-refractivity contribution in [3.63, 3.8) is 0 Å². The second kappa shape index (κ2) is 5.14. The molecule has 1 heterocycles. The number of carbonyl (C=O) groups excluding carboxylic acids is 2. The zero-order valence-electron chi connectivity index (χ0n) is 9.78. The quantitative estimate of drug-likeness (QED) is 0.653. The maximum Gasteiger partial charge on any atom is 0.412 e. The van der Waals surface area contributed by atoms with Gasteiger partial charge in [-0.15, -0.1) is 0 Å². The van der Waals surface area contributed by atoms with Crippen molar-refractivity contribution in [2.75, 3.05) is 5.32 Å². The number of nitrogens with one attached hydrogen (secondary N) is 1. The first-order valence-electron chi connectivity index (χ1n) is 4.93. The molecular formula is C11H13ClN2O3. The number of rotatable bonds is 2. The summed E-state index contributed by atoms with van der Waals surface area (Å²) in [6.07, 6.45) is -0.0524. The van der Waals surface area contributed by atoms with Crippen LogP contribution in [0.2, 0.25) is 5.15 Å². The van der Waals surface area contributed by atoms with E-state index in [4.69, 9.17) is 16.3 Å². The van der Waals surface area contributed by atoms with E-state index in [0.29, 0.717) is 12.0 Å². The lowest BCUT2D eigenvalue weighted by molar-refractivity contribution is 0.0636. The molecule has 92 valence electrons. The molecule has 1 N–H and O–H groups in total. The molecule has 1 rings (SSSR count). The van der Waals surface area contributed by atoms with E-state index in [2.05, 4.69) is 10.3 Å². The number of hydrogen-bond donors (Lipinski definition) is 1. The Bertz CT molecular complexity index is 441. The molecule has 0 saturated heterocycles. The number of aldehydes is 1. The predicted octanol–water partition coefficient (Wildman–Crippen LogP) is 2.89. The van der Waals surface area contributed by atoms with Crippen LogP contribution < -0.4 is 5.32 Å². The van der Waals surface area contributed by atoms with Crippen LogP contribution in [0.4, 0.5) is 10.5 Å². The Hall–Kier alpha value is -1.62. The van der Waals surface area contributed by atoms with Crippen LogP contribution in [0.3, 0.4) is 0 Å². The van der Waals surface area contributed by atoms with Gasteiger partial charge in [-0.05, 0) is 32.9 Å². The van der Waals surface area contributed by atoms with Crippen LogP contribution in [0.5, 0.6) is 0 Å². The average molecular weight is 257 g/mol. The Kier molecular flexibility index (Phi) is 4.07. The molecule has 6 heteroatoms. The highest BCUT2D eigenvalue weighted by Crippen LogP contribution is 2.20. The lowest BCUT2D eigenvalue weighted by Crippen LogP contribution is -2.27. The summed E-state index contributed by atoms with van der Waals surface area (Å²) in [5, 5.41) is 2.49. The molecule has 0 atom stereocenters. The molecular weight excluding hydrogens is 244 g/mol. The monoisotopic (exact) mass is 256 g/mol. The lowest BCUT2D eigenvalue weighted by atomic mass is 10.2. The normalized spacial score (nSPS) is 10.8. The fourth-order valence-electron chi connectivity index (χ4n) is 1.02. The Labute approximate surface area is 104 Å². The van der Waals surface area contributed by atoms with E-state index in [9.17, 15) is 9.59 Å². The maximum atomic E-state index is 11.4. The number of pyridine rings is 1. The topological polar surface area (TPSA) is 68.3 Å². The van der Waals surface area contributed by atoms with Crippen molar-refractivity contribution in [2.24, 2.45) is 0 Å². The van der Waals surface area contributed by atoms with E-state index >= 15 is 0 Å². The fraction of sp³-hybridized carbons (Fsp3) is 0.364. The number of halogens is 1. The van der Waals surface area contributed by atoms with Gasteiger partial charge in [-0.1, -0.05) is 11.6 Å². The minimum Gasteiger partial charge on any atom is -0.444 e. The van der Waals surface area contributed by atoms with E-state index in [1.54, 1.807) is 20.8 Å². The number of anilines is 1. The van der Waals surface area contributed by atoms with Crippen LogP contribution in [0, 0.1) is 0 Å². The van der Waals surface area contributed by atoms with Crippen LogP contribution in [-0.4, -0.2) is 23.0 Å². The highest BCUT2D eigenvalue weighted by Gasteiger charge is 2.17. The van der Waals surface area contributed by atoms with Crippen LogP contribution in [0.15, 0.2) is 12.1 Å². The number of carbonyl (C=O) groups is 2. The van der Waals surface area contributed by atoms with E-state index in [1.165, 1.54) is 12.1 Å². The number of nitrogens with zero attached hydrogens (tertiary/aromatic N) is 1. The summed E-state index contributed by atoms with van der Waals surface area (Å²) in [5.41, 5.74) is -0.0940. The van der Waals surface area contributed by atoms with Crippen molar-refractivity contribution < 1.29 is 14.3 Å². The van der Waals surface area contributed by atoms with Gasteiger partial charge in [0.2, 0.25) is 0 Å². The van der Waals surface area contributed by atoms with E-state index in [0.717, 1.165) is 0 Å². The molecule has 1 aromatic rings. The van der Waals surface area contributed by atoms with Crippen LogP contribution >= 0.6 is 11.6 Å². The van der Waals surface area contributed by atoms with Gasteiger partial charge in [-0.3, -0.25) is 10.1 Å². The number of hydrogen-bond acceptors (Lipinski definition) is 4. The molecule has 0 aromatic carbocycles. The van der Waals surface area contributed by atoms with Gasteiger partial charge in [0, 0.05) is 0 Å². The number of ether oxygens (including phenoxy) is 1. The maximum absolute atomic E-state index is 11.4. The molecule has 0 aliphatic carbocycles. The fourth-order valence-corrected chi connectivity index (χ4v) is 1.23. The summed E-state index contributed by atoms with van der Waals surface area (Å²) in [7, 11) is 0. The van der Waals surface area contributed by atoms with Crippen LogP contribution in [0.25, 0.3) is 0 Å². The summed E-state index contributed by atoms with van der Waals surface area (Å²) in [6.45, 7) is 5.26. The van der Waals surface area contributed by atoms with Crippen molar-refractivity contribution in [1.29, 1.82) is 0 Å². The minimum absolute atomic E-state index is 0.0421. The molecule has 0 spiro atoms.